The molecule has 0 saturated heterocycles. The molecule has 5 nitrogen and oxygen atoms in total. The van der Waals surface area contributed by atoms with Crippen LogP contribution in [0.25, 0.3) is 0 Å². The van der Waals surface area contributed by atoms with Crippen LogP contribution in [0.15, 0.2) is 5.51 Å². The molecule has 1 aromatic rings. The Morgan fingerprint density at radius 1 is 1.33 bits per heavy atom. The lowest BCUT2D eigenvalue weighted by Crippen LogP contribution is -2.34. The number of alkyl halides is 3. The maximum Gasteiger partial charge on any atom is 0.434 e. The fourth-order valence-corrected chi connectivity index (χ4v) is 1.83. The molecule has 0 aliphatic rings. The summed E-state index contributed by atoms with van der Waals surface area (Å²) in [6, 6.07) is 0. The molecule has 0 aliphatic carbocycles. The van der Waals surface area contributed by atoms with Gasteiger partial charge in [0.1, 0.15) is 4.88 Å². The molecule has 1 heterocycles. The summed E-state index contributed by atoms with van der Waals surface area (Å²) in [5.41, 5.74) is -0.226. The molecule has 0 saturated carbocycles. The van der Waals surface area contributed by atoms with Crippen LogP contribution < -0.4 is 10.6 Å². The van der Waals surface area contributed by atoms with Gasteiger partial charge in [-0.25, -0.2) is 4.98 Å². The maximum atomic E-state index is 12.4. The van der Waals surface area contributed by atoms with Gasteiger partial charge in [-0.2, -0.15) is 13.2 Å². The van der Waals surface area contributed by atoms with Gasteiger partial charge in [0.15, 0.2) is 5.69 Å². The van der Waals surface area contributed by atoms with E-state index in [1.165, 1.54) is 6.92 Å². The fourth-order valence-electron chi connectivity index (χ4n) is 1.10. The molecule has 0 spiro atoms. The second-order valence-electron chi connectivity index (χ2n) is 3.27. The Kier molecular flexibility index (Phi) is 4.65. The quantitative estimate of drug-likeness (QED) is 0.810. The number of amides is 2. The lowest BCUT2D eigenvalue weighted by Gasteiger charge is -2.07. The summed E-state index contributed by atoms with van der Waals surface area (Å²) >= 11 is 0.618. The molecule has 0 atom stereocenters. The summed E-state index contributed by atoms with van der Waals surface area (Å²) < 4.78 is 37.3. The number of nitrogens with one attached hydrogen (secondary N) is 2. The molecular weight excluding hydrogens is 271 g/mol. The Labute approximate surface area is 104 Å². The van der Waals surface area contributed by atoms with Gasteiger partial charge in [-0.1, -0.05) is 0 Å². The standard InChI is InChI=1S/C9H10F3N3O2S/c1-5(16)13-2-3-14-8(17)6-7(9(10,11)12)15-4-18-6/h4H,2-3H2,1H3,(H,13,16)(H,14,17). The normalized spacial score (nSPS) is 11.1. The molecule has 100 valence electrons. The topological polar surface area (TPSA) is 71.1 Å². The van der Waals surface area contributed by atoms with Gasteiger partial charge >= 0.3 is 6.18 Å². The van der Waals surface area contributed by atoms with E-state index in [-0.39, 0.29) is 19.0 Å². The van der Waals surface area contributed by atoms with Crippen LogP contribution in [0.4, 0.5) is 13.2 Å². The van der Waals surface area contributed by atoms with Crippen molar-refractivity contribution in [1.29, 1.82) is 0 Å². The zero-order chi connectivity index (χ0) is 13.8. The number of carbonyl (C=O) groups is 2. The van der Waals surface area contributed by atoms with Crippen LogP contribution in [0.1, 0.15) is 22.3 Å². The first kappa shape index (κ1) is 14.4. The molecule has 9 heteroatoms. The molecule has 1 rings (SSSR count). The van der Waals surface area contributed by atoms with Gasteiger partial charge < -0.3 is 10.6 Å². The third-order valence-corrected chi connectivity index (χ3v) is 2.65. The van der Waals surface area contributed by atoms with Gasteiger partial charge in [0.2, 0.25) is 5.91 Å². The molecule has 18 heavy (non-hydrogen) atoms. The molecule has 0 unspecified atom stereocenters. The molecule has 1 aromatic heterocycles. The summed E-state index contributed by atoms with van der Waals surface area (Å²) in [7, 11) is 0. The minimum atomic E-state index is -4.65. The van der Waals surface area contributed by atoms with E-state index in [4.69, 9.17) is 0 Å². The van der Waals surface area contributed by atoms with E-state index in [9.17, 15) is 22.8 Å². The van der Waals surface area contributed by atoms with Crippen LogP contribution in [0.3, 0.4) is 0 Å². The van der Waals surface area contributed by atoms with Crippen molar-refractivity contribution < 1.29 is 22.8 Å². The Balaban J connectivity index is 2.57. The number of halogens is 3. The molecule has 0 aromatic carbocycles. The van der Waals surface area contributed by atoms with Crippen LogP contribution in [-0.4, -0.2) is 29.9 Å². The number of carbonyl (C=O) groups excluding carboxylic acids is 2. The first-order valence-electron chi connectivity index (χ1n) is 4.85. The number of thiazole rings is 1. The van der Waals surface area contributed by atoms with Crippen molar-refractivity contribution in [3.63, 3.8) is 0 Å². The summed E-state index contributed by atoms with van der Waals surface area (Å²) in [6.07, 6.45) is -4.65. The highest BCUT2D eigenvalue weighted by Crippen LogP contribution is 2.32. The highest BCUT2D eigenvalue weighted by atomic mass is 32.1. The third kappa shape index (κ3) is 3.99. The van der Waals surface area contributed by atoms with Crippen molar-refractivity contribution in [3.8, 4) is 0 Å². The van der Waals surface area contributed by atoms with Crippen molar-refractivity contribution in [3.05, 3.63) is 16.1 Å². The van der Waals surface area contributed by atoms with Crippen molar-refractivity contribution in [2.24, 2.45) is 0 Å². The van der Waals surface area contributed by atoms with Gasteiger partial charge in [-0.3, -0.25) is 9.59 Å². The van der Waals surface area contributed by atoms with Gasteiger partial charge in [0, 0.05) is 20.0 Å². The van der Waals surface area contributed by atoms with Crippen LogP contribution in [0.2, 0.25) is 0 Å². The largest absolute Gasteiger partial charge is 0.434 e. The number of rotatable bonds is 4. The van der Waals surface area contributed by atoms with E-state index in [0.29, 0.717) is 11.3 Å². The summed E-state index contributed by atoms with van der Waals surface area (Å²) in [6.45, 7) is 1.50. The highest BCUT2D eigenvalue weighted by Gasteiger charge is 2.38. The predicted molar refractivity (Wildman–Crippen MR) is 58.1 cm³/mol. The lowest BCUT2D eigenvalue weighted by atomic mass is 10.3. The highest BCUT2D eigenvalue weighted by molar-refractivity contribution is 7.11. The average molecular weight is 281 g/mol. The molecule has 0 aliphatic heterocycles. The molecule has 0 bridgehead atoms. The fraction of sp³-hybridized carbons (Fsp3) is 0.444. The summed E-state index contributed by atoms with van der Waals surface area (Å²) in [5.74, 6) is -1.13. The van der Waals surface area contributed by atoms with Crippen molar-refractivity contribution in [2.45, 2.75) is 13.1 Å². The van der Waals surface area contributed by atoms with E-state index in [1.807, 2.05) is 0 Å². The zero-order valence-corrected chi connectivity index (χ0v) is 10.1. The van der Waals surface area contributed by atoms with Crippen LogP contribution in [0, 0.1) is 0 Å². The Bertz CT molecular complexity index is 445. The molecule has 2 N–H and O–H groups in total. The smallest absolute Gasteiger partial charge is 0.355 e. The van der Waals surface area contributed by atoms with E-state index >= 15 is 0 Å². The van der Waals surface area contributed by atoms with Gasteiger partial charge in [-0.15, -0.1) is 11.3 Å². The Hall–Kier alpha value is -1.64. The van der Waals surface area contributed by atoms with Crippen LogP contribution in [0.5, 0.6) is 0 Å². The van der Waals surface area contributed by atoms with E-state index in [0.717, 1.165) is 5.51 Å². The minimum absolute atomic E-state index is 0.0492. The minimum Gasteiger partial charge on any atom is -0.355 e. The summed E-state index contributed by atoms with van der Waals surface area (Å²) in [5, 5.41) is 4.67. The van der Waals surface area contributed by atoms with Gasteiger partial charge in [-0.05, 0) is 0 Å². The number of nitrogens with zero attached hydrogens (tertiary/aromatic N) is 1. The van der Waals surface area contributed by atoms with E-state index in [1.54, 1.807) is 0 Å². The summed E-state index contributed by atoms with van der Waals surface area (Å²) in [4.78, 5) is 24.6. The Morgan fingerprint density at radius 2 is 1.94 bits per heavy atom. The number of hydrogen-bond acceptors (Lipinski definition) is 4. The first-order valence-corrected chi connectivity index (χ1v) is 5.73. The monoisotopic (exact) mass is 281 g/mol. The molecule has 2 amide bonds. The van der Waals surface area contributed by atoms with Crippen molar-refractivity contribution >= 4 is 23.2 Å². The van der Waals surface area contributed by atoms with E-state index in [2.05, 4.69) is 15.6 Å². The maximum absolute atomic E-state index is 12.4. The van der Waals surface area contributed by atoms with Crippen molar-refractivity contribution in [2.75, 3.05) is 13.1 Å². The van der Waals surface area contributed by atoms with Crippen LogP contribution in [-0.2, 0) is 11.0 Å². The van der Waals surface area contributed by atoms with Crippen molar-refractivity contribution in [1.82, 2.24) is 15.6 Å². The SMILES string of the molecule is CC(=O)NCCNC(=O)c1scnc1C(F)(F)F. The van der Waals surface area contributed by atoms with E-state index < -0.39 is 22.7 Å². The predicted octanol–water partition coefficient (Wildman–Crippen LogP) is 1.03. The third-order valence-electron chi connectivity index (χ3n) is 1.83. The lowest BCUT2D eigenvalue weighted by molar-refractivity contribution is -0.141. The second-order valence-corrected chi connectivity index (χ2v) is 4.12. The number of hydrogen-bond donors (Lipinski definition) is 2. The second kappa shape index (κ2) is 5.80. The number of aromatic nitrogens is 1. The van der Waals surface area contributed by atoms with Gasteiger partial charge in [0.05, 0.1) is 5.51 Å². The molecule has 0 radical (unpaired) electrons. The van der Waals surface area contributed by atoms with Crippen LogP contribution >= 0.6 is 11.3 Å². The molecule has 0 fully saturated rings. The van der Waals surface area contributed by atoms with Gasteiger partial charge in [0.25, 0.3) is 5.91 Å². The Morgan fingerprint density at radius 3 is 2.50 bits per heavy atom. The first-order chi connectivity index (χ1) is 8.32. The zero-order valence-electron chi connectivity index (χ0n) is 9.30. The average Bonchev–Trinajstić information content (AvgIpc) is 2.72. The molecular formula is C9H10F3N3O2S.